The molecular weight excluding hydrogens is 839 g/mol. The second kappa shape index (κ2) is 57.9. The van der Waals surface area contributed by atoms with Crippen molar-refractivity contribution < 1.29 is 24.5 Å². The molecule has 0 saturated heterocycles. The molecule has 0 aromatic carbocycles. The molecule has 2 atom stereocenters. The minimum atomic E-state index is -0.854. The molecule has 0 bridgehead atoms. The Morgan fingerprint density at radius 2 is 0.691 bits per heavy atom. The summed E-state index contributed by atoms with van der Waals surface area (Å²) in [5.74, 6) is -0.0870. The maximum absolute atomic E-state index is 12.5. The van der Waals surface area contributed by atoms with Gasteiger partial charge in [0.25, 0.3) is 0 Å². The molecule has 6 nitrogen and oxygen atoms in total. The van der Waals surface area contributed by atoms with Gasteiger partial charge in [-0.05, 0) is 57.8 Å². The van der Waals surface area contributed by atoms with Crippen LogP contribution in [0.3, 0.4) is 0 Å². The average Bonchev–Trinajstić information content (AvgIpc) is 3.34. The Balaban J connectivity index is 3.47. The summed E-state index contributed by atoms with van der Waals surface area (Å²) in [5, 5.41) is 23.1. The number of hydrogen-bond donors (Lipinski definition) is 3. The number of hydrogen-bond acceptors (Lipinski definition) is 5. The van der Waals surface area contributed by atoms with E-state index in [1.165, 1.54) is 238 Å². The van der Waals surface area contributed by atoms with Gasteiger partial charge in [-0.1, -0.05) is 289 Å². The van der Waals surface area contributed by atoms with Crippen LogP contribution in [0.25, 0.3) is 0 Å². The second-order valence-corrected chi connectivity index (χ2v) is 21.0. The van der Waals surface area contributed by atoms with Gasteiger partial charge in [0.05, 0.1) is 25.4 Å². The molecule has 0 aliphatic carbocycles. The van der Waals surface area contributed by atoms with Crippen LogP contribution in [0.4, 0.5) is 0 Å². The maximum atomic E-state index is 12.5. The third kappa shape index (κ3) is 53.7. The predicted molar refractivity (Wildman–Crippen MR) is 296 cm³/mol. The topological polar surface area (TPSA) is 95.9 Å². The minimum absolute atomic E-state index is 0.00637. The number of esters is 1. The van der Waals surface area contributed by atoms with Crippen LogP contribution >= 0.6 is 0 Å². The minimum Gasteiger partial charge on any atom is -0.466 e. The summed E-state index contributed by atoms with van der Waals surface area (Å²) in [7, 11) is 0. The highest BCUT2D eigenvalue weighted by Gasteiger charge is 2.18. The standard InChI is InChI=1S/C62H119NO5/c1-3-5-7-9-11-13-15-17-19-21-23-26-30-34-38-42-46-50-54-60(65)59(58-64)63-61(66)55-51-47-43-39-35-31-27-25-29-33-37-41-45-49-53-57-68-62(67)56-52-48-44-40-36-32-28-24-22-20-18-16-14-12-10-8-6-4-2/h29,33,50,54,59-60,64-65H,3-28,30-32,34-49,51-53,55-58H2,1-2H3,(H,63,66)/b33-29-,54-50+. The summed E-state index contributed by atoms with van der Waals surface area (Å²) in [6.45, 7) is 4.90. The van der Waals surface area contributed by atoms with Gasteiger partial charge in [0, 0.05) is 12.8 Å². The molecule has 2 unspecified atom stereocenters. The average molecular weight is 959 g/mol. The molecule has 0 saturated carbocycles. The van der Waals surface area contributed by atoms with E-state index in [9.17, 15) is 19.8 Å². The number of allylic oxidation sites excluding steroid dienone is 3. The molecule has 402 valence electrons. The van der Waals surface area contributed by atoms with Crippen LogP contribution in [0.15, 0.2) is 24.3 Å². The molecule has 3 N–H and O–H groups in total. The molecule has 0 radical (unpaired) electrons. The van der Waals surface area contributed by atoms with Gasteiger partial charge in [-0.15, -0.1) is 0 Å². The highest BCUT2D eigenvalue weighted by atomic mass is 16.5. The number of unbranched alkanes of at least 4 members (excludes halogenated alkanes) is 44. The number of nitrogens with one attached hydrogen (secondary N) is 1. The number of carbonyl (C=O) groups excluding carboxylic acids is 2. The van der Waals surface area contributed by atoms with Crippen LogP contribution in [0, 0.1) is 0 Å². The molecule has 0 aromatic heterocycles. The lowest BCUT2D eigenvalue weighted by atomic mass is 10.0. The van der Waals surface area contributed by atoms with Gasteiger partial charge >= 0.3 is 5.97 Å². The maximum Gasteiger partial charge on any atom is 0.305 e. The Labute approximate surface area is 424 Å². The first-order chi connectivity index (χ1) is 33.5. The van der Waals surface area contributed by atoms with Crippen LogP contribution < -0.4 is 5.32 Å². The molecular formula is C62H119NO5. The SMILES string of the molecule is CCCCCCCCCCCCCCCCCC/C=C/C(O)C(CO)NC(=O)CCCCCCCCC/C=C\CCCCCCOC(=O)CCCCCCCCCCCCCCCCCCCC. The fourth-order valence-electron chi connectivity index (χ4n) is 9.51. The zero-order valence-electron chi connectivity index (χ0n) is 45.9. The van der Waals surface area contributed by atoms with Crippen molar-refractivity contribution in [2.24, 2.45) is 0 Å². The van der Waals surface area contributed by atoms with Crippen molar-refractivity contribution in [2.45, 2.75) is 347 Å². The highest BCUT2D eigenvalue weighted by molar-refractivity contribution is 5.76. The van der Waals surface area contributed by atoms with Crippen molar-refractivity contribution in [3.05, 3.63) is 24.3 Å². The molecule has 0 rings (SSSR count). The second-order valence-electron chi connectivity index (χ2n) is 21.0. The van der Waals surface area contributed by atoms with Crippen molar-refractivity contribution in [3.8, 4) is 0 Å². The monoisotopic (exact) mass is 958 g/mol. The van der Waals surface area contributed by atoms with E-state index in [0.29, 0.717) is 19.4 Å². The Morgan fingerprint density at radius 1 is 0.397 bits per heavy atom. The van der Waals surface area contributed by atoms with Gasteiger partial charge in [-0.3, -0.25) is 9.59 Å². The molecule has 0 aliphatic heterocycles. The van der Waals surface area contributed by atoms with Crippen LogP contribution in [0.2, 0.25) is 0 Å². The van der Waals surface area contributed by atoms with E-state index in [-0.39, 0.29) is 18.5 Å². The molecule has 0 aromatic rings. The van der Waals surface area contributed by atoms with Crippen molar-refractivity contribution in [2.75, 3.05) is 13.2 Å². The van der Waals surface area contributed by atoms with Gasteiger partial charge in [0.2, 0.25) is 5.91 Å². The van der Waals surface area contributed by atoms with Gasteiger partial charge in [-0.2, -0.15) is 0 Å². The van der Waals surface area contributed by atoms with E-state index < -0.39 is 12.1 Å². The van der Waals surface area contributed by atoms with Crippen molar-refractivity contribution >= 4 is 11.9 Å². The number of rotatable bonds is 57. The third-order valence-corrected chi connectivity index (χ3v) is 14.2. The van der Waals surface area contributed by atoms with Crippen LogP contribution in [-0.4, -0.2) is 47.4 Å². The largest absolute Gasteiger partial charge is 0.466 e. The third-order valence-electron chi connectivity index (χ3n) is 14.2. The first-order valence-corrected chi connectivity index (χ1v) is 30.6. The van der Waals surface area contributed by atoms with Crippen LogP contribution in [0.1, 0.15) is 335 Å². The highest BCUT2D eigenvalue weighted by Crippen LogP contribution is 2.17. The molecule has 6 heteroatoms. The van der Waals surface area contributed by atoms with Crippen molar-refractivity contribution in [3.63, 3.8) is 0 Å². The zero-order valence-corrected chi connectivity index (χ0v) is 45.9. The zero-order chi connectivity index (χ0) is 49.3. The van der Waals surface area contributed by atoms with E-state index in [0.717, 1.165) is 70.6 Å². The molecule has 0 heterocycles. The normalized spacial score (nSPS) is 12.7. The fourth-order valence-corrected chi connectivity index (χ4v) is 9.51. The summed E-state index contributed by atoms with van der Waals surface area (Å²) in [4.78, 5) is 24.6. The number of ether oxygens (including phenoxy) is 1. The van der Waals surface area contributed by atoms with Gasteiger partial charge < -0.3 is 20.3 Å². The van der Waals surface area contributed by atoms with E-state index >= 15 is 0 Å². The first-order valence-electron chi connectivity index (χ1n) is 30.6. The van der Waals surface area contributed by atoms with Crippen LogP contribution in [0.5, 0.6) is 0 Å². The quantitative estimate of drug-likeness (QED) is 0.0321. The Kier molecular flexibility index (Phi) is 56.5. The van der Waals surface area contributed by atoms with Crippen LogP contribution in [-0.2, 0) is 14.3 Å². The summed E-state index contributed by atoms with van der Waals surface area (Å²) in [6.07, 6.45) is 70.6. The first kappa shape index (κ1) is 66.3. The predicted octanol–water partition coefficient (Wildman–Crippen LogP) is 19.0. The van der Waals surface area contributed by atoms with Gasteiger partial charge in [0.1, 0.15) is 0 Å². The van der Waals surface area contributed by atoms with Gasteiger partial charge in [-0.25, -0.2) is 0 Å². The van der Waals surface area contributed by atoms with E-state index in [4.69, 9.17) is 4.74 Å². The summed E-state index contributed by atoms with van der Waals surface area (Å²) < 4.78 is 5.48. The number of aliphatic hydroxyl groups is 2. The Morgan fingerprint density at radius 3 is 1.04 bits per heavy atom. The lowest BCUT2D eigenvalue weighted by Crippen LogP contribution is -2.45. The van der Waals surface area contributed by atoms with E-state index in [1.54, 1.807) is 6.08 Å². The summed E-state index contributed by atoms with van der Waals surface area (Å²) >= 11 is 0. The van der Waals surface area contributed by atoms with E-state index in [1.807, 2.05) is 6.08 Å². The molecule has 1 amide bonds. The molecule has 0 fully saturated rings. The number of aliphatic hydroxyl groups excluding tert-OH is 2. The molecule has 0 aliphatic rings. The lowest BCUT2D eigenvalue weighted by Gasteiger charge is -2.20. The van der Waals surface area contributed by atoms with E-state index in [2.05, 4.69) is 31.3 Å². The Hall–Kier alpha value is -1.66. The smallest absolute Gasteiger partial charge is 0.305 e. The molecule has 68 heavy (non-hydrogen) atoms. The summed E-state index contributed by atoms with van der Waals surface area (Å²) in [5.41, 5.74) is 0. The van der Waals surface area contributed by atoms with Gasteiger partial charge in [0.15, 0.2) is 0 Å². The fraction of sp³-hybridized carbons (Fsp3) is 0.903. The molecule has 0 spiro atoms. The number of amides is 1. The van der Waals surface area contributed by atoms with Crippen molar-refractivity contribution in [1.29, 1.82) is 0 Å². The lowest BCUT2D eigenvalue weighted by molar-refractivity contribution is -0.143. The number of carbonyl (C=O) groups is 2. The summed E-state index contributed by atoms with van der Waals surface area (Å²) in [6, 6.07) is -0.639. The Bertz CT molecular complexity index is 1060. The van der Waals surface area contributed by atoms with Crippen molar-refractivity contribution in [1.82, 2.24) is 5.32 Å².